The zero-order chi connectivity index (χ0) is 13.9. The van der Waals surface area contributed by atoms with Gasteiger partial charge >= 0.3 is 0 Å². The lowest BCUT2D eigenvalue weighted by Gasteiger charge is -2.24. The van der Waals surface area contributed by atoms with Crippen LogP contribution in [0.4, 0.5) is 15.8 Å². The van der Waals surface area contributed by atoms with Crippen LogP contribution >= 0.6 is 11.6 Å². The van der Waals surface area contributed by atoms with Crippen LogP contribution in [0.15, 0.2) is 42.5 Å². The number of alkyl halides is 1. The number of rotatable bonds is 2. The summed E-state index contributed by atoms with van der Waals surface area (Å²) < 4.78 is 20.0. The summed E-state index contributed by atoms with van der Waals surface area (Å²) in [5, 5.41) is 0. The highest BCUT2D eigenvalue weighted by molar-refractivity contribution is 6.17. The van der Waals surface area contributed by atoms with Gasteiger partial charge in [0.05, 0.1) is 18.0 Å². The van der Waals surface area contributed by atoms with Gasteiger partial charge < -0.3 is 9.64 Å². The Hall–Kier alpha value is -1.74. The van der Waals surface area contributed by atoms with Crippen molar-refractivity contribution in [2.24, 2.45) is 0 Å². The van der Waals surface area contributed by atoms with Gasteiger partial charge in [-0.1, -0.05) is 18.2 Å². The predicted octanol–water partition coefficient (Wildman–Crippen LogP) is 4.49. The van der Waals surface area contributed by atoms with Gasteiger partial charge in [-0.25, -0.2) is 4.39 Å². The Morgan fingerprint density at radius 1 is 1.15 bits per heavy atom. The Labute approximate surface area is 122 Å². The van der Waals surface area contributed by atoms with E-state index in [1.807, 2.05) is 35.2 Å². The van der Waals surface area contributed by atoms with E-state index in [9.17, 15) is 4.39 Å². The molecule has 2 aromatic rings. The highest BCUT2D eigenvalue weighted by Crippen LogP contribution is 2.37. The van der Waals surface area contributed by atoms with Gasteiger partial charge in [-0.05, 0) is 36.2 Å². The third-order valence-electron chi connectivity index (χ3n) is 3.40. The van der Waals surface area contributed by atoms with E-state index in [1.165, 1.54) is 6.07 Å². The van der Waals surface area contributed by atoms with E-state index in [1.54, 1.807) is 6.07 Å². The van der Waals surface area contributed by atoms with Crippen LogP contribution < -0.4 is 9.64 Å². The SMILES string of the molecule is Fc1cc(CCl)ccc1N1CCCOc2ccccc21. The molecule has 0 radical (unpaired) electrons. The topological polar surface area (TPSA) is 12.5 Å². The van der Waals surface area contributed by atoms with Crippen LogP contribution in [0.2, 0.25) is 0 Å². The molecule has 0 fully saturated rings. The first kappa shape index (κ1) is 13.3. The minimum Gasteiger partial charge on any atom is -0.491 e. The minimum absolute atomic E-state index is 0.250. The van der Waals surface area contributed by atoms with Crippen molar-refractivity contribution in [3.63, 3.8) is 0 Å². The standard InChI is InChI=1S/C16H15ClFNO/c17-11-12-6-7-14(13(18)10-12)19-8-3-9-20-16-5-2-1-4-15(16)19/h1-2,4-7,10H,3,8-9,11H2. The van der Waals surface area contributed by atoms with Crippen molar-refractivity contribution in [1.29, 1.82) is 0 Å². The molecule has 0 atom stereocenters. The average Bonchev–Trinajstić information content (AvgIpc) is 2.69. The van der Waals surface area contributed by atoms with Crippen molar-refractivity contribution in [2.45, 2.75) is 12.3 Å². The summed E-state index contributed by atoms with van der Waals surface area (Å²) in [5.41, 5.74) is 2.26. The maximum absolute atomic E-state index is 14.3. The number of nitrogens with zero attached hydrogens (tertiary/aromatic N) is 1. The van der Waals surface area contributed by atoms with Gasteiger partial charge in [-0.15, -0.1) is 11.6 Å². The Morgan fingerprint density at radius 2 is 2.00 bits per heavy atom. The minimum atomic E-state index is -0.250. The predicted molar refractivity (Wildman–Crippen MR) is 79.5 cm³/mol. The lowest BCUT2D eigenvalue weighted by Crippen LogP contribution is -2.18. The fourth-order valence-corrected chi connectivity index (χ4v) is 2.60. The zero-order valence-corrected chi connectivity index (χ0v) is 11.7. The van der Waals surface area contributed by atoms with Crippen LogP contribution in [0.25, 0.3) is 0 Å². The maximum atomic E-state index is 14.3. The fraction of sp³-hybridized carbons (Fsp3) is 0.250. The molecular formula is C16H15ClFNO. The second-order valence-electron chi connectivity index (χ2n) is 4.74. The molecule has 4 heteroatoms. The third-order valence-corrected chi connectivity index (χ3v) is 3.71. The van der Waals surface area contributed by atoms with E-state index < -0.39 is 0 Å². The van der Waals surface area contributed by atoms with E-state index in [0.717, 1.165) is 30.0 Å². The van der Waals surface area contributed by atoms with Crippen LogP contribution in [0, 0.1) is 5.82 Å². The summed E-state index contributed by atoms with van der Waals surface area (Å²) in [6.07, 6.45) is 0.853. The monoisotopic (exact) mass is 291 g/mol. The van der Waals surface area contributed by atoms with Gasteiger partial charge in [-0.3, -0.25) is 0 Å². The smallest absolute Gasteiger partial charge is 0.147 e. The van der Waals surface area contributed by atoms with Crippen molar-refractivity contribution < 1.29 is 9.13 Å². The van der Waals surface area contributed by atoms with Crippen molar-refractivity contribution in [3.8, 4) is 5.75 Å². The van der Waals surface area contributed by atoms with E-state index in [2.05, 4.69) is 0 Å². The molecule has 1 aliphatic heterocycles. The third kappa shape index (κ3) is 2.46. The van der Waals surface area contributed by atoms with Crippen molar-refractivity contribution in [1.82, 2.24) is 0 Å². The Bertz CT molecular complexity index is 617. The summed E-state index contributed by atoms with van der Waals surface area (Å²) in [6, 6.07) is 12.9. The van der Waals surface area contributed by atoms with Crippen molar-refractivity contribution in [3.05, 3.63) is 53.8 Å². The molecule has 2 nitrogen and oxygen atoms in total. The van der Waals surface area contributed by atoms with Crippen LogP contribution in [-0.2, 0) is 5.88 Å². The normalized spacial score (nSPS) is 14.4. The van der Waals surface area contributed by atoms with Crippen LogP contribution in [0.5, 0.6) is 5.75 Å². The number of benzene rings is 2. The summed E-state index contributed by atoms with van der Waals surface area (Å²) in [5.74, 6) is 0.863. The summed E-state index contributed by atoms with van der Waals surface area (Å²) in [6.45, 7) is 1.38. The molecule has 0 amide bonds. The molecule has 0 N–H and O–H groups in total. The number of ether oxygens (including phenoxy) is 1. The summed E-state index contributed by atoms with van der Waals surface area (Å²) in [4.78, 5) is 1.97. The number of anilines is 2. The largest absolute Gasteiger partial charge is 0.491 e. The molecule has 0 saturated heterocycles. The Morgan fingerprint density at radius 3 is 2.80 bits per heavy atom. The molecule has 104 valence electrons. The van der Waals surface area contributed by atoms with Crippen LogP contribution in [0.3, 0.4) is 0 Å². The van der Waals surface area contributed by atoms with Gasteiger partial charge in [-0.2, -0.15) is 0 Å². The average molecular weight is 292 g/mol. The zero-order valence-electron chi connectivity index (χ0n) is 11.0. The van der Waals surface area contributed by atoms with Crippen molar-refractivity contribution >= 4 is 23.0 Å². The molecule has 0 aromatic heterocycles. The summed E-state index contributed by atoms with van der Waals surface area (Å²) in [7, 11) is 0. The molecular weight excluding hydrogens is 277 g/mol. The van der Waals surface area contributed by atoms with Gasteiger partial charge in [0.25, 0.3) is 0 Å². The molecule has 3 rings (SSSR count). The van der Waals surface area contributed by atoms with E-state index >= 15 is 0 Å². The van der Waals surface area contributed by atoms with Crippen molar-refractivity contribution in [2.75, 3.05) is 18.1 Å². The number of fused-ring (bicyclic) bond motifs is 1. The van der Waals surface area contributed by atoms with Crippen LogP contribution in [0.1, 0.15) is 12.0 Å². The molecule has 0 saturated carbocycles. The number of hydrogen-bond acceptors (Lipinski definition) is 2. The first-order chi connectivity index (χ1) is 9.79. The van der Waals surface area contributed by atoms with E-state index in [-0.39, 0.29) is 5.82 Å². The van der Waals surface area contributed by atoms with Gasteiger partial charge in [0.2, 0.25) is 0 Å². The number of para-hydroxylation sites is 2. The van der Waals surface area contributed by atoms with E-state index in [4.69, 9.17) is 16.3 Å². The first-order valence-corrected chi connectivity index (χ1v) is 7.17. The van der Waals surface area contributed by atoms with Gasteiger partial charge in [0.1, 0.15) is 11.6 Å². The second kappa shape index (κ2) is 5.71. The number of halogens is 2. The molecule has 1 heterocycles. The fourth-order valence-electron chi connectivity index (χ4n) is 2.43. The lowest BCUT2D eigenvalue weighted by atomic mass is 10.1. The second-order valence-corrected chi connectivity index (χ2v) is 5.01. The first-order valence-electron chi connectivity index (χ1n) is 6.63. The Kier molecular flexibility index (Phi) is 3.79. The highest BCUT2D eigenvalue weighted by atomic mass is 35.5. The van der Waals surface area contributed by atoms with Gasteiger partial charge in [0.15, 0.2) is 0 Å². The number of hydrogen-bond donors (Lipinski definition) is 0. The molecule has 0 unspecified atom stereocenters. The molecule has 20 heavy (non-hydrogen) atoms. The lowest BCUT2D eigenvalue weighted by molar-refractivity contribution is 0.322. The molecule has 2 aromatic carbocycles. The summed E-state index contributed by atoms with van der Waals surface area (Å²) >= 11 is 5.74. The maximum Gasteiger partial charge on any atom is 0.147 e. The molecule has 1 aliphatic rings. The van der Waals surface area contributed by atoms with Crippen LogP contribution in [-0.4, -0.2) is 13.2 Å². The van der Waals surface area contributed by atoms with Gasteiger partial charge in [0, 0.05) is 12.4 Å². The molecule has 0 aliphatic carbocycles. The highest BCUT2D eigenvalue weighted by Gasteiger charge is 2.20. The quantitative estimate of drug-likeness (QED) is 0.756. The molecule has 0 bridgehead atoms. The molecule has 0 spiro atoms. The Balaban J connectivity index is 2.05. The van der Waals surface area contributed by atoms with E-state index in [0.29, 0.717) is 18.2 Å².